The van der Waals surface area contributed by atoms with Crippen LogP contribution in [0.5, 0.6) is 0 Å². The summed E-state index contributed by atoms with van der Waals surface area (Å²) in [7, 11) is 0. The van der Waals surface area contributed by atoms with Crippen molar-refractivity contribution in [2.75, 3.05) is 5.32 Å². The highest BCUT2D eigenvalue weighted by Gasteiger charge is 1.97. The molecule has 0 amide bonds. The van der Waals surface area contributed by atoms with Crippen LogP contribution in [0, 0.1) is 0 Å². The molecule has 3 aromatic rings. The monoisotopic (exact) mass is 209 g/mol. The fourth-order valence-corrected chi connectivity index (χ4v) is 1.71. The molecule has 0 radical (unpaired) electrons. The molecular weight excluding hydrogens is 198 g/mol. The molecule has 1 aromatic carbocycles. The molecular formula is C13H11N3. The fourth-order valence-electron chi connectivity index (χ4n) is 1.71. The average Bonchev–Trinajstić information content (AvgIpc) is 2.82. The van der Waals surface area contributed by atoms with Gasteiger partial charge in [0.15, 0.2) is 0 Å². The summed E-state index contributed by atoms with van der Waals surface area (Å²) in [6.07, 6.45) is 3.70. The lowest BCUT2D eigenvalue weighted by molar-refractivity contribution is 1.37. The van der Waals surface area contributed by atoms with Crippen LogP contribution in [0.1, 0.15) is 0 Å². The summed E-state index contributed by atoms with van der Waals surface area (Å²) in [4.78, 5) is 7.42. The minimum Gasteiger partial charge on any atom is -0.348 e. The van der Waals surface area contributed by atoms with Gasteiger partial charge in [0.1, 0.15) is 5.82 Å². The summed E-state index contributed by atoms with van der Waals surface area (Å²) >= 11 is 0. The van der Waals surface area contributed by atoms with Crippen molar-refractivity contribution in [3.8, 4) is 0 Å². The van der Waals surface area contributed by atoms with Gasteiger partial charge in [-0.05, 0) is 30.3 Å². The number of anilines is 2. The van der Waals surface area contributed by atoms with Gasteiger partial charge in [-0.3, -0.25) is 4.98 Å². The third-order valence-corrected chi connectivity index (χ3v) is 2.48. The van der Waals surface area contributed by atoms with Crippen LogP contribution in [0.3, 0.4) is 0 Å². The highest BCUT2D eigenvalue weighted by atomic mass is 15.0. The van der Waals surface area contributed by atoms with Crippen molar-refractivity contribution < 1.29 is 0 Å². The molecule has 0 fully saturated rings. The first kappa shape index (κ1) is 8.97. The molecule has 0 aliphatic carbocycles. The largest absolute Gasteiger partial charge is 0.348 e. The molecule has 0 saturated heterocycles. The number of benzene rings is 1. The second-order valence-corrected chi connectivity index (χ2v) is 3.62. The van der Waals surface area contributed by atoms with E-state index in [0.717, 1.165) is 22.4 Å². The summed E-state index contributed by atoms with van der Waals surface area (Å²) in [5.74, 6) is 0.982. The first-order valence-corrected chi connectivity index (χ1v) is 5.17. The maximum Gasteiger partial charge on any atom is 0.107 e. The maximum atomic E-state index is 4.32. The van der Waals surface area contributed by atoms with Gasteiger partial charge >= 0.3 is 0 Å². The highest BCUT2D eigenvalue weighted by Crippen LogP contribution is 2.19. The van der Waals surface area contributed by atoms with Crippen LogP contribution in [0.25, 0.3) is 10.9 Å². The predicted octanol–water partition coefficient (Wildman–Crippen LogP) is 3.31. The lowest BCUT2D eigenvalue weighted by Crippen LogP contribution is -1.90. The number of aromatic nitrogens is 2. The molecule has 3 heteroatoms. The molecule has 0 aliphatic heterocycles. The fraction of sp³-hybridized carbons (Fsp3) is 0. The molecule has 0 saturated carbocycles. The van der Waals surface area contributed by atoms with Gasteiger partial charge in [0.25, 0.3) is 0 Å². The number of rotatable bonds is 2. The Morgan fingerprint density at radius 1 is 1.06 bits per heavy atom. The normalized spacial score (nSPS) is 10.5. The molecule has 0 unspecified atom stereocenters. The molecule has 0 spiro atoms. The van der Waals surface area contributed by atoms with E-state index in [1.807, 2.05) is 36.5 Å². The number of nitrogens with zero attached hydrogens (tertiary/aromatic N) is 1. The Kier molecular flexibility index (Phi) is 2.07. The van der Waals surface area contributed by atoms with Gasteiger partial charge in [-0.15, -0.1) is 0 Å². The molecule has 0 aliphatic rings. The molecule has 0 atom stereocenters. The van der Waals surface area contributed by atoms with E-state index in [4.69, 9.17) is 0 Å². The summed E-state index contributed by atoms with van der Waals surface area (Å²) in [6, 6.07) is 14.1. The number of hydrogen-bond donors (Lipinski definition) is 2. The molecule has 3 nitrogen and oxygen atoms in total. The van der Waals surface area contributed by atoms with E-state index < -0.39 is 0 Å². The van der Waals surface area contributed by atoms with Gasteiger partial charge in [0.05, 0.1) is 5.52 Å². The standard InChI is InChI=1S/C13H11N3/c1-3-10-5-6-11(9-12(10)14-7-1)16-13-4-2-8-15-13/h1-9,15-16H. The summed E-state index contributed by atoms with van der Waals surface area (Å²) in [5.41, 5.74) is 2.03. The Balaban J connectivity index is 1.99. The van der Waals surface area contributed by atoms with Crippen LogP contribution in [0.15, 0.2) is 54.9 Å². The number of aromatic amines is 1. The first-order chi connectivity index (χ1) is 7.92. The van der Waals surface area contributed by atoms with Crippen molar-refractivity contribution in [1.29, 1.82) is 0 Å². The topological polar surface area (TPSA) is 40.7 Å². The number of pyridine rings is 1. The van der Waals surface area contributed by atoms with E-state index >= 15 is 0 Å². The highest BCUT2D eigenvalue weighted by molar-refractivity contribution is 5.82. The van der Waals surface area contributed by atoms with Crippen LogP contribution < -0.4 is 5.32 Å². The Bertz CT molecular complexity index is 599. The van der Waals surface area contributed by atoms with Crippen molar-refractivity contribution in [1.82, 2.24) is 9.97 Å². The third-order valence-electron chi connectivity index (χ3n) is 2.48. The molecule has 0 bridgehead atoms. The SMILES string of the molecule is c1c[nH]c(Nc2ccc3cccnc3c2)c1. The van der Waals surface area contributed by atoms with E-state index in [2.05, 4.69) is 27.4 Å². The zero-order valence-electron chi connectivity index (χ0n) is 8.64. The van der Waals surface area contributed by atoms with Gasteiger partial charge in [0.2, 0.25) is 0 Å². The van der Waals surface area contributed by atoms with Crippen molar-refractivity contribution >= 4 is 22.4 Å². The van der Waals surface area contributed by atoms with E-state index in [0.29, 0.717) is 0 Å². The maximum absolute atomic E-state index is 4.32. The summed E-state index contributed by atoms with van der Waals surface area (Å²) in [5, 5.41) is 4.43. The van der Waals surface area contributed by atoms with Crippen LogP contribution in [-0.4, -0.2) is 9.97 Å². The first-order valence-electron chi connectivity index (χ1n) is 5.17. The van der Waals surface area contributed by atoms with E-state index in [-0.39, 0.29) is 0 Å². The van der Waals surface area contributed by atoms with Gasteiger partial charge < -0.3 is 10.3 Å². The zero-order valence-corrected chi connectivity index (χ0v) is 8.64. The number of fused-ring (bicyclic) bond motifs is 1. The Morgan fingerprint density at radius 2 is 2.06 bits per heavy atom. The summed E-state index contributed by atoms with van der Waals surface area (Å²) < 4.78 is 0. The van der Waals surface area contributed by atoms with Crippen molar-refractivity contribution in [3.63, 3.8) is 0 Å². The number of nitrogens with one attached hydrogen (secondary N) is 2. The van der Waals surface area contributed by atoms with Gasteiger partial charge in [-0.1, -0.05) is 12.1 Å². The molecule has 2 aromatic heterocycles. The molecule has 2 N–H and O–H groups in total. The van der Waals surface area contributed by atoms with Crippen molar-refractivity contribution in [2.24, 2.45) is 0 Å². The average molecular weight is 209 g/mol. The number of hydrogen-bond acceptors (Lipinski definition) is 2. The van der Waals surface area contributed by atoms with E-state index in [1.165, 1.54) is 0 Å². The molecule has 16 heavy (non-hydrogen) atoms. The third kappa shape index (κ3) is 1.63. The van der Waals surface area contributed by atoms with Gasteiger partial charge in [-0.25, -0.2) is 0 Å². The predicted molar refractivity (Wildman–Crippen MR) is 65.8 cm³/mol. The minimum atomic E-state index is 0.982. The molecule has 2 heterocycles. The minimum absolute atomic E-state index is 0.982. The quantitative estimate of drug-likeness (QED) is 0.679. The smallest absolute Gasteiger partial charge is 0.107 e. The molecule has 3 rings (SSSR count). The lowest BCUT2D eigenvalue weighted by atomic mass is 10.2. The molecule has 78 valence electrons. The second kappa shape index (κ2) is 3.70. The van der Waals surface area contributed by atoms with Crippen LogP contribution in [0.2, 0.25) is 0 Å². The van der Waals surface area contributed by atoms with Crippen LogP contribution >= 0.6 is 0 Å². The van der Waals surface area contributed by atoms with Gasteiger partial charge in [-0.2, -0.15) is 0 Å². The van der Waals surface area contributed by atoms with Crippen LogP contribution in [0.4, 0.5) is 11.5 Å². The van der Waals surface area contributed by atoms with Crippen LogP contribution in [-0.2, 0) is 0 Å². The Hall–Kier alpha value is -2.29. The Labute approximate surface area is 93.1 Å². The van der Waals surface area contributed by atoms with E-state index in [1.54, 1.807) is 6.20 Å². The zero-order chi connectivity index (χ0) is 10.8. The van der Waals surface area contributed by atoms with Crippen molar-refractivity contribution in [2.45, 2.75) is 0 Å². The number of H-pyrrole nitrogens is 1. The second-order valence-electron chi connectivity index (χ2n) is 3.62. The lowest BCUT2D eigenvalue weighted by Gasteiger charge is -2.04. The van der Waals surface area contributed by atoms with Gasteiger partial charge in [0, 0.05) is 23.5 Å². The Morgan fingerprint density at radius 3 is 2.94 bits per heavy atom. The van der Waals surface area contributed by atoms with Crippen molar-refractivity contribution in [3.05, 3.63) is 54.9 Å². The summed E-state index contributed by atoms with van der Waals surface area (Å²) in [6.45, 7) is 0. The van der Waals surface area contributed by atoms with E-state index in [9.17, 15) is 0 Å².